The zero-order valence-corrected chi connectivity index (χ0v) is 17.6. The van der Waals surface area contributed by atoms with E-state index in [1.807, 2.05) is 13.8 Å². The number of ketones is 2. The van der Waals surface area contributed by atoms with Crippen molar-refractivity contribution >= 4 is 33.1 Å². The molecule has 0 spiro atoms. The standard InChI is InChI=1S/C21H25N3O5S/c1-3-12(22)9-8-11(2)24-15-10-16(30(27,28)29)19(23)18-17(15)20(25)13-6-4-5-7-14(13)21(18)26/h4-7,10-12,24H,3,8-9,22-23H2,1-2H3,(H,27,28,29). The predicted octanol–water partition coefficient (Wildman–Crippen LogP) is 2.61. The first-order valence-electron chi connectivity index (χ1n) is 9.70. The highest BCUT2D eigenvalue weighted by molar-refractivity contribution is 7.86. The third-order valence-electron chi connectivity index (χ3n) is 5.37. The molecule has 0 aliphatic heterocycles. The number of carbonyl (C=O) groups excluding carboxylic acids is 2. The van der Waals surface area contributed by atoms with Crippen molar-refractivity contribution in [2.24, 2.45) is 5.73 Å². The summed E-state index contributed by atoms with van der Waals surface area (Å²) in [5.74, 6) is -0.999. The molecule has 160 valence electrons. The third kappa shape index (κ3) is 3.96. The Kier molecular flexibility index (Phi) is 5.98. The van der Waals surface area contributed by atoms with Gasteiger partial charge in [-0.15, -0.1) is 0 Å². The second kappa shape index (κ2) is 8.17. The first-order valence-corrected chi connectivity index (χ1v) is 11.1. The molecule has 1 aliphatic rings. The van der Waals surface area contributed by atoms with Gasteiger partial charge >= 0.3 is 0 Å². The van der Waals surface area contributed by atoms with E-state index >= 15 is 0 Å². The van der Waals surface area contributed by atoms with Gasteiger partial charge < -0.3 is 16.8 Å². The lowest BCUT2D eigenvalue weighted by Gasteiger charge is -2.25. The number of carbonyl (C=O) groups is 2. The van der Waals surface area contributed by atoms with Gasteiger partial charge in [0, 0.05) is 28.9 Å². The maximum atomic E-state index is 13.2. The molecule has 6 N–H and O–H groups in total. The van der Waals surface area contributed by atoms with Gasteiger partial charge in [-0.3, -0.25) is 14.1 Å². The van der Waals surface area contributed by atoms with Gasteiger partial charge in [0.1, 0.15) is 4.90 Å². The zero-order valence-electron chi connectivity index (χ0n) is 16.8. The Balaban J connectivity index is 2.16. The molecule has 0 radical (unpaired) electrons. The SMILES string of the molecule is CCC(N)CCC(C)Nc1cc(S(=O)(=O)O)c(N)c2c1C(=O)c1ccccc1C2=O. The van der Waals surface area contributed by atoms with Gasteiger partial charge in [0.25, 0.3) is 10.1 Å². The molecule has 0 aromatic heterocycles. The Morgan fingerprint density at radius 1 is 1.07 bits per heavy atom. The lowest BCUT2D eigenvalue weighted by molar-refractivity contribution is 0.0980. The number of nitrogens with one attached hydrogen (secondary N) is 1. The Morgan fingerprint density at radius 3 is 2.17 bits per heavy atom. The fraction of sp³-hybridized carbons (Fsp3) is 0.333. The van der Waals surface area contributed by atoms with Crippen LogP contribution in [0.5, 0.6) is 0 Å². The molecule has 0 fully saturated rings. The summed E-state index contributed by atoms with van der Waals surface area (Å²) in [7, 11) is -4.72. The van der Waals surface area contributed by atoms with E-state index in [0.29, 0.717) is 6.42 Å². The first kappa shape index (κ1) is 21.9. The van der Waals surface area contributed by atoms with Crippen molar-refractivity contribution in [3.05, 3.63) is 52.6 Å². The quantitative estimate of drug-likeness (QED) is 0.329. The van der Waals surface area contributed by atoms with Crippen LogP contribution < -0.4 is 16.8 Å². The summed E-state index contributed by atoms with van der Waals surface area (Å²) in [5, 5.41) is 3.11. The fourth-order valence-electron chi connectivity index (χ4n) is 3.63. The van der Waals surface area contributed by atoms with E-state index < -0.39 is 32.3 Å². The predicted molar refractivity (Wildman–Crippen MR) is 115 cm³/mol. The van der Waals surface area contributed by atoms with Crippen LogP contribution in [0, 0.1) is 0 Å². The van der Waals surface area contributed by atoms with E-state index in [2.05, 4.69) is 5.32 Å². The molecule has 0 saturated carbocycles. The number of anilines is 2. The normalized spacial score (nSPS) is 15.3. The van der Waals surface area contributed by atoms with Crippen LogP contribution in [-0.2, 0) is 10.1 Å². The molecule has 3 rings (SSSR count). The van der Waals surface area contributed by atoms with E-state index in [9.17, 15) is 22.6 Å². The summed E-state index contributed by atoms with van der Waals surface area (Å²) in [6, 6.07) is 7.24. The van der Waals surface area contributed by atoms with E-state index in [0.717, 1.165) is 18.9 Å². The van der Waals surface area contributed by atoms with Gasteiger partial charge in [-0.25, -0.2) is 0 Å². The second-order valence-corrected chi connectivity index (χ2v) is 8.95. The minimum atomic E-state index is -4.72. The van der Waals surface area contributed by atoms with Crippen LogP contribution in [0.4, 0.5) is 11.4 Å². The number of benzene rings is 2. The fourth-order valence-corrected chi connectivity index (χ4v) is 4.27. The van der Waals surface area contributed by atoms with Crippen LogP contribution >= 0.6 is 0 Å². The minimum Gasteiger partial charge on any atom is -0.397 e. The average Bonchev–Trinajstić information content (AvgIpc) is 2.70. The van der Waals surface area contributed by atoms with Crippen LogP contribution in [0.3, 0.4) is 0 Å². The molecule has 8 nitrogen and oxygen atoms in total. The highest BCUT2D eigenvalue weighted by atomic mass is 32.2. The van der Waals surface area contributed by atoms with Crippen molar-refractivity contribution in [3.8, 4) is 0 Å². The van der Waals surface area contributed by atoms with Gasteiger partial charge in [-0.2, -0.15) is 8.42 Å². The van der Waals surface area contributed by atoms with Crippen molar-refractivity contribution in [2.45, 2.75) is 50.1 Å². The Morgan fingerprint density at radius 2 is 1.63 bits per heavy atom. The lowest BCUT2D eigenvalue weighted by Crippen LogP contribution is -2.28. The number of nitrogen functional groups attached to an aromatic ring is 1. The topological polar surface area (TPSA) is 153 Å². The van der Waals surface area contributed by atoms with Crippen molar-refractivity contribution in [2.75, 3.05) is 11.1 Å². The van der Waals surface area contributed by atoms with Crippen LogP contribution in [0.1, 0.15) is 65.0 Å². The number of rotatable bonds is 7. The highest BCUT2D eigenvalue weighted by Crippen LogP contribution is 2.39. The van der Waals surface area contributed by atoms with E-state index in [1.165, 1.54) is 6.07 Å². The van der Waals surface area contributed by atoms with Gasteiger partial charge in [-0.05, 0) is 32.3 Å². The van der Waals surface area contributed by atoms with Crippen molar-refractivity contribution in [1.82, 2.24) is 0 Å². The number of nitrogens with two attached hydrogens (primary N) is 2. The van der Waals surface area contributed by atoms with E-state index in [1.54, 1.807) is 18.2 Å². The largest absolute Gasteiger partial charge is 0.397 e. The average molecular weight is 432 g/mol. The summed E-state index contributed by atoms with van der Waals surface area (Å²) >= 11 is 0. The maximum absolute atomic E-state index is 13.2. The van der Waals surface area contributed by atoms with Crippen LogP contribution in [0.2, 0.25) is 0 Å². The first-order chi connectivity index (χ1) is 14.1. The lowest BCUT2D eigenvalue weighted by atomic mass is 9.82. The molecule has 0 saturated heterocycles. The van der Waals surface area contributed by atoms with Crippen molar-refractivity contribution in [3.63, 3.8) is 0 Å². The summed E-state index contributed by atoms with van der Waals surface area (Å²) in [6.45, 7) is 3.85. The molecular formula is C21H25N3O5S. The molecule has 2 aromatic carbocycles. The van der Waals surface area contributed by atoms with Gasteiger partial charge in [0.15, 0.2) is 11.6 Å². The summed E-state index contributed by atoms with van der Waals surface area (Å²) < 4.78 is 33.4. The monoisotopic (exact) mass is 431 g/mol. The van der Waals surface area contributed by atoms with Gasteiger partial charge in [0.2, 0.25) is 0 Å². The molecule has 9 heteroatoms. The van der Waals surface area contributed by atoms with Crippen molar-refractivity contribution < 1.29 is 22.6 Å². The number of hydrogen-bond acceptors (Lipinski definition) is 7. The summed E-state index contributed by atoms with van der Waals surface area (Å²) in [4.78, 5) is 25.7. The molecular weight excluding hydrogens is 406 g/mol. The highest BCUT2D eigenvalue weighted by Gasteiger charge is 2.36. The smallest absolute Gasteiger partial charge is 0.296 e. The van der Waals surface area contributed by atoms with E-state index in [4.69, 9.17) is 11.5 Å². The van der Waals surface area contributed by atoms with Crippen LogP contribution in [0.15, 0.2) is 35.2 Å². The van der Waals surface area contributed by atoms with Crippen molar-refractivity contribution in [1.29, 1.82) is 0 Å². The maximum Gasteiger partial charge on any atom is 0.296 e. The number of fused-ring (bicyclic) bond motifs is 2. The number of hydrogen-bond donors (Lipinski definition) is 4. The molecule has 0 amide bonds. The molecule has 0 bridgehead atoms. The summed E-state index contributed by atoms with van der Waals surface area (Å²) in [6.07, 6.45) is 2.21. The minimum absolute atomic E-state index is 0.00948. The van der Waals surface area contributed by atoms with E-state index in [-0.39, 0.29) is 40.0 Å². The molecule has 30 heavy (non-hydrogen) atoms. The van der Waals surface area contributed by atoms with Crippen LogP contribution in [0.25, 0.3) is 0 Å². The summed E-state index contributed by atoms with van der Waals surface area (Å²) in [5.41, 5.74) is 11.8. The van der Waals surface area contributed by atoms with Gasteiger partial charge in [-0.1, -0.05) is 31.2 Å². The molecule has 2 aromatic rings. The Labute approximate surface area is 175 Å². The second-order valence-electron chi connectivity index (χ2n) is 7.56. The molecule has 0 heterocycles. The Bertz CT molecular complexity index is 1130. The third-order valence-corrected chi connectivity index (χ3v) is 6.27. The molecule has 2 unspecified atom stereocenters. The Hall–Kier alpha value is -2.75. The molecule has 2 atom stereocenters. The zero-order chi connectivity index (χ0) is 22.2. The van der Waals surface area contributed by atoms with Crippen LogP contribution in [-0.4, -0.2) is 36.6 Å². The van der Waals surface area contributed by atoms with Gasteiger partial charge in [0.05, 0.1) is 16.8 Å². The molecule has 1 aliphatic carbocycles.